The second-order valence-corrected chi connectivity index (χ2v) is 9.43. The minimum Gasteiger partial charge on any atom is -0.507 e. The molecule has 10 nitrogen and oxygen atoms in total. The van der Waals surface area contributed by atoms with Gasteiger partial charge in [-0.15, -0.1) is 0 Å². The van der Waals surface area contributed by atoms with Crippen molar-refractivity contribution in [3.8, 4) is 17.0 Å². The molecule has 0 bridgehead atoms. The summed E-state index contributed by atoms with van der Waals surface area (Å²) < 4.78 is 27.7. The molecule has 0 aliphatic carbocycles. The molecule has 174 valence electrons. The molecule has 0 saturated carbocycles. The summed E-state index contributed by atoms with van der Waals surface area (Å²) in [6.45, 7) is 5.35. The van der Waals surface area contributed by atoms with Crippen molar-refractivity contribution in [3.63, 3.8) is 0 Å². The molecule has 0 spiro atoms. The Morgan fingerprint density at radius 1 is 0.941 bits per heavy atom. The van der Waals surface area contributed by atoms with Gasteiger partial charge in [0.2, 0.25) is 5.95 Å². The van der Waals surface area contributed by atoms with Crippen molar-refractivity contribution in [1.29, 1.82) is 0 Å². The summed E-state index contributed by atoms with van der Waals surface area (Å²) in [5.41, 5.74) is 3.67. The normalized spacial score (nSPS) is 11.3. The minimum absolute atomic E-state index is 0.00747. The van der Waals surface area contributed by atoms with E-state index in [0.29, 0.717) is 28.3 Å². The Labute approximate surface area is 196 Å². The molecular formula is C23H22N6O4S. The van der Waals surface area contributed by atoms with Gasteiger partial charge in [0.05, 0.1) is 10.6 Å². The summed E-state index contributed by atoms with van der Waals surface area (Å²) in [5.74, 6) is -0.414. The fourth-order valence-corrected chi connectivity index (χ4v) is 4.24. The zero-order chi connectivity index (χ0) is 24.5. The number of phenols is 1. The maximum absolute atomic E-state index is 12.7. The van der Waals surface area contributed by atoms with Crippen molar-refractivity contribution >= 4 is 27.6 Å². The number of carbonyl (C=O) groups is 1. The Balaban J connectivity index is 1.46. The van der Waals surface area contributed by atoms with Crippen LogP contribution in [0.4, 0.5) is 11.6 Å². The topological polar surface area (TPSA) is 150 Å². The Bertz CT molecular complexity index is 1460. The highest BCUT2D eigenvalue weighted by Gasteiger charge is 2.17. The minimum atomic E-state index is -3.91. The Morgan fingerprint density at radius 2 is 1.62 bits per heavy atom. The molecule has 0 aliphatic heterocycles. The fourth-order valence-electron chi connectivity index (χ4n) is 3.30. The highest BCUT2D eigenvalue weighted by Crippen LogP contribution is 2.29. The average molecular weight is 479 g/mol. The number of H-pyrrole nitrogens is 1. The summed E-state index contributed by atoms with van der Waals surface area (Å²) in [4.78, 5) is 20.8. The van der Waals surface area contributed by atoms with Crippen molar-refractivity contribution in [1.82, 2.24) is 20.2 Å². The van der Waals surface area contributed by atoms with E-state index in [1.54, 1.807) is 32.0 Å². The number of anilines is 2. The zero-order valence-electron chi connectivity index (χ0n) is 18.6. The van der Waals surface area contributed by atoms with Gasteiger partial charge in [-0.2, -0.15) is 5.10 Å². The lowest BCUT2D eigenvalue weighted by Gasteiger charge is -2.09. The van der Waals surface area contributed by atoms with Crippen molar-refractivity contribution in [2.24, 2.45) is 0 Å². The first kappa shape index (κ1) is 22.9. The van der Waals surface area contributed by atoms with E-state index in [-0.39, 0.29) is 22.3 Å². The van der Waals surface area contributed by atoms with Gasteiger partial charge in [0.1, 0.15) is 11.4 Å². The van der Waals surface area contributed by atoms with Gasteiger partial charge in [-0.25, -0.2) is 23.1 Å². The molecule has 0 radical (unpaired) electrons. The predicted molar refractivity (Wildman–Crippen MR) is 127 cm³/mol. The van der Waals surface area contributed by atoms with Crippen LogP contribution >= 0.6 is 0 Å². The number of aromatic hydroxyl groups is 1. The van der Waals surface area contributed by atoms with Crippen LogP contribution in [0.2, 0.25) is 0 Å². The van der Waals surface area contributed by atoms with Crippen LogP contribution in [0.25, 0.3) is 11.3 Å². The number of benzene rings is 2. The van der Waals surface area contributed by atoms with E-state index in [1.165, 1.54) is 30.3 Å². The SMILES string of the molecule is Cc1ccc(-c2cc(C(=O)Nc3ccc(S(=O)(=O)Nc4nc(C)cc(C)n4)cc3)[nH]n2)c(O)c1. The van der Waals surface area contributed by atoms with Gasteiger partial charge in [0.15, 0.2) is 0 Å². The third-order valence-corrected chi connectivity index (χ3v) is 6.23. The first-order valence-electron chi connectivity index (χ1n) is 10.2. The lowest BCUT2D eigenvalue weighted by Crippen LogP contribution is -2.16. The molecule has 34 heavy (non-hydrogen) atoms. The van der Waals surface area contributed by atoms with Crippen LogP contribution in [0.15, 0.2) is 59.5 Å². The van der Waals surface area contributed by atoms with Gasteiger partial charge in [0.25, 0.3) is 15.9 Å². The van der Waals surface area contributed by atoms with Crippen molar-refractivity contribution in [2.45, 2.75) is 25.7 Å². The molecule has 0 unspecified atom stereocenters. The van der Waals surface area contributed by atoms with Gasteiger partial charge in [-0.05, 0) is 74.9 Å². The van der Waals surface area contributed by atoms with Gasteiger partial charge >= 0.3 is 0 Å². The van der Waals surface area contributed by atoms with Crippen molar-refractivity contribution in [3.05, 3.63) is 77.2 Å². The molecule has 1 amide bonds. The molecule has 11 heteroatoms. The molecule has 2 aromatic heterocycles. The van der Waals surface area contributed by atoms with E-state index in [2.05, 4.69) is 30.2 Å². The maximum Gasteiger partial charge on any atom is 0.273 e. The third-order valence-electron chi connectivity index (χ3n) is 4.88. The number of nitrogens with zero attached hydrogens (tertiary/aromatic N) is 3. The summed E-state index contributed by atoms with van der Waals surface area (Å²) in [6, 6.07) is 14.1. The largest absolute Gasteiger partial charge is 0.507 e. The first-order valence-corrected chi connectivity index (χ1v) is 11.7. The Morgan fingerprint density at radius 3 is 2.26 bits per heavy atom. The summed E-state index contributed by atoms with van der Waals surface area (Å²) >= 11 is 0. The predicted octanol–water partition coefficient (Wildman–Crippen LogP) is 3.55. The van der Waals surface area contributed by atoms with Gasteiger partial charge < -0.3 is 10.4 Å². The molecule has 0 atom stereocenters. The van der Waals surface area contributed by atoms with Gasteiger partial charge in [0, 0.05) is 22.6 Å². The molecule has 0 aliphatic rings. The molecule has 4 aromatic rings. The summed E-state index contributed by atoms with van der Waals surface area (Å²) in [5, 5.41) is 19.5. The number of carbonyl (C=O) groups excluding carboxylic acids is 1. The molecule has 0 fully saturated rings. The highest BCUT2D eigenvalue weighted by atomic mass is 32.2. The number of aromatic nitrogens is 4. The van der Waals surface area contributed by atoms with Crippen LogP contribution in [0.5, 0.6) is 5.75 Å². The molecule has 0 saturated heterocycles. The zero-order valence-corrected chi connectivity index (χ0v) is 19.4. The number of hydrogen-bond acceptors (Lipinski definition) is 7. The molecule has 2 aromatic carbocycles. The summed E-state index contributed by atoms with van der Waals surface area (Å²) in [6.07, 6.45) is 0. The number of hydrogen-bond donors (Lipinski definition) is 4. The van der Waals surface area contributed by atoms with Gasteiger partial charge in [-0.3, -0.25) is 9.89 Å². The highest BCUT2D eigenvalue weighted by molar-refractivity contribution is 7.92. The lowest BCUT2D eigenvalue weighted by atomic mass is 10.1. The number of aromatic amines is 1. The number of aryl methyl sites for hydroxylation is 3. The Kier molecular flexibility index (Phi) is 6.03. The van der Waals surface area contributed by atoms with E-state index in [0.717, 1.165) is 5.56 Å². The quantitative estimate of drug-likeness (QED) is 0.331. The van der Waals surface area contributed by atoms with E-state index in [1.807, 2.05) is 13.0 Å². The lowest BCUT2D eigenvalue weighted by molar-refractivity contribution is 0.102. The van der Waals surface area contributed by atoms with Crippen molar-refractivity contribution < 1.29 is 18.3 Å². The molecular weight excluding hydrogens is 456 g/mol. The molecule has 4 N–H and O–H groups in total. The van der Waals surface area contributed by atoms with Crippen LogP contribution < -0.4 is 10.0 Å². The van der Waals surface area contributed by atoms with Crippen LogP contribution in [0, 0.1) is 20.8 Å². The number of rotatable bonds is 6. The van der Waals surface area contributed by atoms with Crippen molar-refractivity contribution in [2.75, 3.05) is 10.0 Å². The van der Waals surface area contributed by atoms with E-state index in [4.69, 9.17) is 0 Å². The monoisotopic (exact) mass is 478 g/mol. The number of sulfonamides is 1. The second-order valence-electron chi connectivity index (χ2n) is 7.75. The molecule has 2 heterocycles. The van der Waals surface area contributed by atoms with Crippen LogP contribution in [-0.2, 0) is 10.0 Å². The second kappa shape index (κ2) is 8.94. The Hall–Kier alpha value is -4.25. The van der Waals surface area contributed by atoms with Crippen LogP contribution in [0.3, 0.4) is 0 Å². The van der Waals surface area contributed by atoms with E-state index >= 15 is 0 Å². The smallest absolute Gasteiger partial charge is 0.273 e. The number of phenolic OH excluding ortho intramolecular Hbond substituents is 1. The van der Waals surface area contributed by atoms with E-state index < -0.39 is 15.9 Å². The van der Waals surface area contributed by atoms with Crippen LogP contribution in [-0.4, -0.2) is 39.6 Å². The summed E-state index contributed by atoms with van der Waals surface area (Å²) in [7, 11) is -3.91. The van der Waals surface area contributed by atoms with E-state index in [9.17, 15) is 18.3 Å². The number of amides is 1. The standard InChI is InChI=1S/C23H22N6O4S/c1-13-4-9-18(21(30)10-13)19-12-20(28-27-19)22(31)26-16-5-7-17(8-6-16)34(32,33)29-23-24-14(2)11-15(3)25-23/h4-12,30H,1-3H3,(H,26,31)(H,27,28)(H,24,25,29). The third kappa shape index (κ3) is 5.04. The van der Waals surface area contributed by atoms with Gasteiger partial charge in [-0.1, -0.05) is 6.07 Å². The fraction of sp³-hybridized carbons (Fsp3) is 0.130. The molecule has 4 rings (SSSR count). The number of nitrogens with one attached hydrogen (secondary N) is 3. The maximum atomic E-state index is 12.7. The average Bonchev–Trinajstić information content (AvgIpc) is 3.23. The first-order chi connectivity index (χ1) is 16.1. The van der Waals surface area contributed by atoms with Crippen LogP contribution in [0.1, 0.15) is 27.4 Å².